The van der Waals surface area contributed by atoms with E-state index in [-0.39, 0.29) is 11.8 Å². The van der Waals surface area contributed by atoms with Gasteiger partial charge in [0, 0.05) is 38.6 Å². The number of hydrogen-bond donors (Lipinski definition) is 0. The van der Waals surface area contributed by atoms with Crippen molar-refractivity contribution >= 4 is 23.6 Å². The van der Waals surface area contributed by atoms with Gasteiger partial charge in [0.15, 0.2) is 0 Å². The molecular formula is C22H22N4O4. The van der Waals surface area contributed by atoms with Crippen molar-refractivity contribution in [3.8, 4) is 0 Å². The van der Waals surface area contributed by atoms with E-state index in [2.05, 4.69) is 4.98 Å². The third-order valence-electron chi connectivity index (χ3n) is 5.57. The number of rotatable bonds is 3. The number of hydrogen-bond acceptors (Lipinski definition) is 5. The van der Waals surface area contributed by atoms with E-state index in [4.69, 9.17) is 0 Å². The van der Waals surface area contributed by atoms with Gasteiger partial charge in [0.1, 0.15) is 6.04 Å². The molecule has 1 aromatic heterocycles. The Bertz CT molecular complexity index is 972. The molecule has 0 spiro atoms. The average Bonchev–Trinajstić information content (AvgIpc) is 2.94. The predicted octanol–water partition coefficient (Wildman–Crippen LogP) is 1.44. The van der Waals surface area contributed by atoms with Crippen LogP contribution in [0.5, 0.6) is 0 Å². The van der Waals surface area contributed by atoms with E-state index in [1.54, 1.807) is 59.3 Å². The molecule has 0 aliphatic carbocycles. The van der Waals surface area contributed by atoms with Crippen molar-refractivity contribution in [3.63, 3.8) is 0 Å². The van der Waals surface area contributed by atoms with E-state index in [0.29, 0.717) is 49.3 Å². The molecule has 3 heterocycles. The summed E-state index contributed by atoms with van der Waals surface area (Å²) in [6.45, 7) is 3.29. The van der Waals surface area contributed by atoms with Gasteiger partial charge in [-0.15, -0.1) is 0 Å². The van der Waals surface area contributed by atoms with Crippen molar-refractivity contribution in [1.82, 2.24) is 19.7 Å². The van der Waals surface area contributed by atoms with Crippen molar-refractivity contribution in [3.05, 3.63) is 65.5 Å². The fourth-order valence-electron chi connectivity index (χ4n) is 3.95. The molecule has 154 valence electrons. The van der Waals surface area contributed by atoms with Gasteiger partial charge < -0.3 is 9.80 Å². The van der Waals surface area contributed by atoms with Crippen LogP contribution in [0, 0.1) is 0 Å². The fraction of sp³-hybridized carbons (Fsp3) is 0.318. The highest BCUT2D eigenvalue weighted by molar-refractivity contribution is 6.22. The Morgan fingerprint density at radius 2 is 1.53 bits per heavy atom. The number of carbonyl (C=O) groups excluding carboxylic acids is 4. The van der Waals surface area contributed by atoms with Crippen LogP contribution < -0.4 is 0 Å². The zero-order valence-electron chi connectivity index (χ0n) is 16.7. The molecule has 0 bridgehead atoms. The van der Waals surface area contributed by atoms with Gasteiger partial charge in [0.25, 0.3) is 17.7 Å². The molecule has 8 nitrogen and oxygen atoms in total. The van der Waals surface area contributed by atoms with Crippen LogP contribution in [-0.4, -0.2) is 75.5 Å². The number of pyridine rings is 1. The normalized spacial score (nSPS) is 17.6. The molecule has 1 aromatic carbocycles. The van der Waals surface area contributed by atoms with Crippen molar-refractivity contribution in [2.75, 3.05) is 26.2 Å². The number of fused-ring (bicyclic) bond motifs is 1. The first kappa shape index (κ1) is 19.8. The number of amides is 4. The SMILES string of the molecule is CC(C(=O)N1CCCN(C(=O)c2cccnc2)CC1)N1C(=O)c2ccccc2C1=O. The summed E-state index contributed by atoms with van der Waals surface area (Å²) in [4.78, 5) is 59.5. The summed E-state index contributed by atoms with van der Waals surface area (Å²) in [6.07, 6.45) is 3.76. The van der Waals surface area contributed by atoms with Crippen molar-refractivity contribution in [1.29, 1.82) is 0 Å². The van der Waals surface area contributed by atoms with Crippen LogP contribution >= 0.6 is 0 Å². The molecule has 1 atom stereocenters. The Balaban J connectivity index is 1.44. The molecule has 2 aliphatic heterocycles. The van der Waals surface area contributed by atoms with Gasteiger partial charge in [-0.3, -0.25) is 29.1 Å². The van der Waals surface area contributed by atoms with E-state index in [9.17, 15) is 19.2 Å². The van der Waals surface area contributed by atoms with Crippen molar-refractivity contribution in [2.45, 2.75) is 19.4 Å². The van der Waals surface area contributed by atoms with E-state index < -0.39 is 17.9 Å². The number of carbonyl (C=O) groups is 4. The minimum absolute atomic E-state index is 0.120. The predicted molar refractivity (Wildman–Crippen MR) is 108 cm³/mol. The maximum atomic E-state index is 13.1. The van der Waals surface area contributed by atoms with Crippen LogP contribution in [0.2, 0.25) is 0 Å². The Morgan fingerprint density at radius 3 is 2.17 bits per heavy atom. The highest BCUT2D eigenvalue weighted by Crippen LogP contribution is 2.25. The second kappa shape index (κ2) is 8.06. The van der Waals surface area contributed by atoms with Gasteiger partial charge in [0.05, 0.1) is 16.7 Å². The van der Waals surface area contributed by atoms with E-state index in [0.717, 1.165) is 4.90 Å². The zero-order chi connectivity index (χ0) is 21.3. The van der Waals surface area contributed by atoms with Gasteiger partial charge in [0.2, 0.25) is 5.91 Å². The van der Waals surface area contributed by atoms with Gasteiger partial charge in [-0.05, 0) is 37.6 Å². The lowest BCUT2D eigenvalue weighted by molar-refractivity contribution is -0.134. The first-order valence-corrected chi connectivity index (χ1v) is 9.94. The summed E-state index contributed by atoms with van der Waals surface area (Å²) in [5, 5.41) is 0. The quantitative estimate of drug-likeness (QED) is 0.720. The molecule has 1 fully saturated rings. The first-order valence-electron chi connectivity index (χ1n) is 9.94. The van der Waals surface area contributed by atoms with Crippen LogP contribution in [0.4, 0.5) is 0 Å². The molecule has 0 radical (unpaired) electrons. The van der Waals surface area contributed by atoms with Gasteiger partial charge in [-0.2, -0.15) is 0 Å². The third kappa shape index (κ3) is 3.45. The second-order valence-electron chi connectivity index (χ2n) is 7.41. The molecule has 4 rings (SSSR count). The molecule has 1 unspecified atom stereocenters. The minimum Gasteiger partial charge on any atom is -0.339 e. The van der Waals surface area contributed by atoms with E-state index in [1.807, 2.05) is 0 Å². The lowest BCUT2D eigenvalue weighted by Crippen LogP contribution is -2.50. The Hall–Kier alpha value is -3.55. The summed E-state index contributed by atoms with van der Waals surface area (Å²) in [5.74, 6) is -1.30. The van der Waals surface area contributed by atoms with E-state index >= 15 is 0 Å². The molecule has 2 aromatic rings. The highest BCUT2D eigenvalue weighted by atomic mass is 16.2. The molecule has 2 aliphatic rings. The van der Waals surface area contributed by atoms with Gasteiger partial charge >= 0.3 is 0 Å². The maximum absolute atomic E-state index is 13.1. The Kier molecular flexibility index (Phi) is 5.31. The smallest absolute Gasteiger partial charge is 0.262 e. The first-order chi connectivity index (χ1) is 14.5. The van der Waals surface area contributed by atoms with Crippen LogP contribution in [0.1, 0.15) is 44.4 Å². The number of benzene rings is 1. The molecule has 30 heavy (non-hydrogen) atoms. The minimum atomic E-state index is -0.905. The summed E-state index contributed by atoms with van der Waals surface area (Å²) >= 11 is 0. The van der Waals surface area contributed by atoms with E-state index in [1.165, 1.54) is 6.20 Å². The van der Waals surface area contributed by atoms with Crippen molar-refractivity contribution in [2.24, 2.45) is 0 Å². The van der Waals surface area contributed by atoms with Crippen LogP contribution in [0.3, 0.4) is 0 Å². The molecular weight excluding hydrogens is 384 g/mol. The summed E-state index contributed by atoms with van der Waals surface area (Å²) in [7, 11) is 0. The second-order valence-corrected chi connectivity index (χ2v) is 7.41. The summed E-state index contributed by atoms with van der Waals surface area (Å²) in [5.41, 5.74) is 1.16. The Labute approximate surface area is 174 Å². The number of aromatic nitrogens is 1. The molecule has 8 heteroatoms. The van der Waals surface area contributed by atoms with Crippen LogP contribution in [-0.2, 0) is 4.79 Å². The Morgan fingerprint density at radius 1 is 0.900 bits per heavy atom. The monoisotopic (exact) mass is 406 g/mol. The molecule has 1 saturated heterocycles. The number of nitrogens with zero attached hydrogens (tertiary/aromatic N) is 4. The standard InChI is InChI=1S/C22H22N4O4/c1-15(26-21(29)17-7-2-3-8-18(17)22(26)30)19(27)24-10-5-11-25(13-12-24)20(28)16-6-4-9-23-14-16/h2-4,6-9,14-15H,5,10-13H2,1H3. The van der Waals surface area contributed by atoms with Gasteiger partial charge in [-0.25, -0.2) is 0 Å². The summed E-state index contributed by atoms with van der Waals surface area (Å²) in [6, 6.07) is 9.11. The number of imide groups is 1. The summed E-state index contributed by atoms with van der Waals surface area (Å²) < 4.78 is 0. The lowest BCUT2D eigenvalue weighted by Gasteiger charge is -2.28. The maximum Gasteiger partial charge on any atom is 0.262 e. The molecule has 4 amide bonds. The van der Waals surface area contributed by atoms with Gasteiger partial charge in [-0.1, -0.05) is 12.1 Å². The highest BCUT2D eigenvalue weighted by Gasteiger charge is 2.41. The average molecular weight is 406 g/mol. The largest absolute Gasteiger partial charge is 0.339 e. The van der Waals surface area contributed by atoms with Crippen LogP contribution in [0.25, 0.3) is 0 Å². The van der Waals surface area contributed by atoms with Crippen molar-refractivity contribution < 1.29 is 19.2 Å². The third-order valence-corrected chi connectivity index (χ3v) is 5.57. The van der Waals surface area contributed by atoms with Crippen LogP contribution in [0.15, 0.2) is 48.8 Å². The zero-order valence-corrected chi connectivity index (χ0v) is 16.7. The molecule has 0 N–H and O–H groups in total. The fourth-order valence-corrected chi connectivity index (χ4v) is 3.95. The topological polar surface area (TPSA) is 90.9 Å². The lowest BCUT2D eigenvalue weighted by atomic mass is 10.1. The molecule has 0 saturated carbocycles.